The van der Waals surface area contributed by atoms with Gasteiger partial charge >= 0.3 is 0 Å². The number of benzene rings is 1. The number of carbonyl (C=O) groups excluding carboxylic acids is 1. The number of hydrogen-bond acceptors (Lipinski definition) is 3. The van der Waals surface area contributed by atoms with E-state index >= 15 is 0 Å². The zero-order chi connectivity index (χ0) is 14.2. The van der Waals surface area contributed by atoms with E-state index in [1.165, 1.54) is 0 Å². The monoisotopic (exact) mass is 258 g/mol. The van der Waals surface area contributed by atoms with E-state index in [2.05, 4.69) is 10.4 Å². The molecule has 5 heteroatoms. The van der Waals surface area contributed by atoms with Gasteiger partial charge in [-0.25, -0.2) is 0 Å². The van der Waals surface area contributed by atoms with Gasteiger partial charge in [0.25, 0.3) is 5.91 Å². The molecule has 1 aromatic heterocycles. The number of nitrogens with one attached hydrogen (secondary N) is 1. The van der Waals surface area contributed by atoms with Crippen LogP contribution in [0.1, 0.15) is 27.3 Å². The summed E-state index contributed by atoms with van der Waals surface area (Å²) >= 11 is 0. The van der Waals surface area contributed by atoms with Gasteiger partial charge in [-0.1, -0.05) is 0 Å². The summed E-state index contributed by atoms with van der Waals surface area (Å²) in [6.45, 7) is 5.82. The number of nitrogen functional groups attached to an aromatic ring is 1. The Bertz CT molecular complexity index is 643. The Morgan fingerprint density at radius 1 is 1.21 bits per heavy atom. The maximum atomic E-state index is 12.2. The van der Waals surface area contributed by atoms with E-state index in [0.717, 1.165) is 16.8 Å². The third kappa shape index (κ3) is 2.59. The SMILES string of the molecule is Cc1cc(C(=O)Nc2cc(C)c(C)cc2N)n(C)n1. The van der Waals surface area contributed by atoms with E-state index < -0.39 is 0 Å². The highest BCUT2D eigenvalue weighted by molar-refractivity contribution is 6.04. The van der Waals surface area contributed by atoms with Crippen LogP contribution < -0.4 is 11.1 Å². The second kappa shape index (κ2) is 4.76. The minimum absolute atomic E-state index is 0.210. The molecule has 0 unspecified atom stereocenters. The van der Waals surface area contributed by atoms with Crippen molar-refractivity contribution in [2.24, 2.45) is 7.05 Å². The van der Waals surface area contributed by atoms with Gasteiger partial charge in [-0.2, -0.15) is 5.10 Å². The number of amides is 1. The molecule has 0 fully saturated rings. The first-order chi connectivity index (χ1) is 8.88. The molecule has 0 aliphatic heterocycles. The van der Waals surface area contributed by atoms with Crippen LogP contribution in [0.15, 0.2) is 18.2 Å². The van der Waals surface area contributed by atoms with Crippen molar-refractivity contribution in [3.05, 3.63) is 40.7 Å². The fourth-order valence-corrected chi connectivity index (χ4v) is 1.96. The zero-order valence-corrected chi connectivity index (χ0v) is 11.6. The fraction of sp³-hybridized carbons (Fsp3) is 0.286. The van der Waals surface area contributed by atoms with Crippen LogP contribution in [0, 0.1) is 20.8 Å². The Balaban J connectivity index is 2.29. The molecule has 1 amide bonds. The molecule has 0 saturated heterocycles. The molecule has 0 atom stereocenters. The second-order valence-electron chi connectivity index (χ2n) is 4.77. The Hall–Kier alpha value is -2.30. The first-order valence-corrected chi connectivity index (χ1v) is 6.07. The second-order valence-corrected chi connectivity index (χ2v) is 4.77. The molecule has 2 rings (SSSR count). The van der Waals surface area contributed by atoms with Crippen LogP contribution in [0.4, 0.5) is 11.4 Å². The predicted octanol–water partition coefficient (Wildman–Crippen LogP) is 2.18. The average Bonchev–Trinajstić information content (AvgIpc) is 2.65. The summed E-state index contributed by atoms with van der Waals surface area (Å²) in [7, 11) is 1.74. The number of aromatic nitrogens is 2. The summed E-state index contributed by atoms with van der Waals surface area (Å²) in [5.74, 6) is -0.210. The topological polar surface area (TPSA) is 72.9 Å². The molecule has 0 saturated carbocycles. The summed E-state index contributed by atoms with van der Waals surface area (Å²) in [5, 5.41) is 6.98. The van der Waals surface area contributed by atoms with Crippen molar-refractivity contribution in [1.29, 1.82) is 0 Å². The van der Waals surface area contributed by atoms with Gasteiger partial charge < -0.3 is 11.1 Å². The van der Waals surface area contributed by atoms with Crippen LogP contribution >= 0.6 is 0 Å². The number of nitrogens with zero attached hydrogens (tertiary/aromatic N) is 2. The van der Waals surface area contributed by atoms with Crippen molar-refractivity contribution in [3.8, 4) is 0 Å². The molecular formula is C14H18N4O. The highest BCUT2D eigenvalue weighted by Gasteiger charge is 2.13. The molecule has 3 N–H and O–H groups in total. The molecule has 0 radical (unpaired) electrons. The van der Waals surface area contributed by atoms with Crippen LogP contribution in [0.25, 0.3) is 0 Å². The number of nitrogens with two attached hydrogens (primary N) is 1. The highest BCUT2D eigenvalue weighted by atomic mass is 16.2. The molecule has 0 aliphatic rings. The molecule has 0 spiro atoms. The Morgan fingerprint density at radius 2 is 1.84 bits per heavy atom. The number of anilines is 2. The van der Waals surface area contributed by atoms with Gasteiger partial charge in [-0.05, 0) is 50.1 Å². The molecule has 100 valence electrons. The van der Waals surface area contributed by atoms with E-state index in [1.54, 1.807) is 17.8 Å². The summed E-state index contributed by atoms with van der Waals surface area (Å²) in [5.41, 5.74) is 10.6. The molecule has 19 heavy (non-hydrogen) atoms. The lowest BCUT2D eigenvalue weighted by molar-refractivity contribution is 0.101. The molecular weight excluding hydrogens is 240 g/mol. The van der Waals surface area contributed by atoms with Gasteiger partial charge in [0, 0.05) is 7.05 Å². The first kappa shape index (κ1) is 13.1. The average molecular weight is 258 g/mol. The smallest absolute Gasteiger partial charge is 0.273 e. The Kier molecular flexibility index (Phi) is 3.29. The zero-order valence-electron chi connectivity index (χ0n) is 11.6. The molecule has 5 nitrogen and oxygen atoms in total. The molecule has 1 aromatic carbocycles. The minimum Gasteiger partial charge on any atom is -0.397 e. The van der Waals surface area contributed by atoms with Gasteiger partial charge in [-0.3, -0.25) is 9.48 Å². The summed E-state index contributed by atoms with van der Waals surface area (Å²) in [6.07, 6.45) is 0. The standard InChI is InChI=1S/C14H18N4O/c1-8-5-11(15)12(6-9(8)2)16-14(19)13-7-10(3)17-18(13)4/h5-7H,15H2,1-4H3,(H,16,19). The van der Waals surface area contributed by atoms with Crippen molar-refractivity contribution in [2.45, 2.75) is 20.8 Å². The third-order valence-corrected chi connectivity index (χ3v) is 3.15. The summed E-state index contributed by atoms with van der Waals surface area (Å²) in [4.78, 5) is 12.2. The third-order valence-electron chi connectivity index (χ3n) is 3.15. The van der Waals surface area contributed by atoms with Gasteiger partial charge in [0.15, 0.2) is 0 Å². The largest absolute Gasteiger partial charge is 0.397 e. The van der Waals surface area contributed by atoms with Crippen LogP contribution in [0.5, 0.6) is 0 Å². The lowest BCUT2D eigenvalue weighted by atomic mass is 10.1. The predicted molar refractivity (Wildman–Crippen MR) is 76.2 cm³/mol. The summed E-state index contributed by atoms with van der Waals surface area (Å²) in [6, 6.07) is 5.48. The van der Waals surface area contributed by atoms with Gasteiger partial charge in [0.2, 0.25) is 0 Å². The van der Waals surface area contributed by atoms with Crippen molar-refractivity contribution < 1.29 is 4.79 Å². The lowest BCUT2D eigenvalue weighted by Crippen LogP contribution is -2.17. The number of aryl methyl sites for hydroxylation is 4. The van der Waals surface area contributed by atoms with E-state index in [9.17, 15) is 4.79 Å². The van der Waals surface area contributed by atoms with E-state index in [4.69, 9.17) is 5.73 Å². The molecule has 2 aromatic rings. The molecule has 1 heterocycles. The summed E-state index contributed by atoms with van der Waals surface area (Å²) < 4.78 is 1.56. The van der Waals surface area contributed by atoms with E-state index in [0.29, 0.717) is 17.1 Å². The number of carbonyl (C=O) groups is 1. The van der Waals surface area contributed by atoms with Gasteiger partial charge in [0.05, 0.1) is 17.1 Å². The maximum absolute atomic E-state index is 12.2. The lowest BCUT2D eigenvalue weighted by Gasteiger charge is -2.11. The number of hydrogen-bond donors (Lipinski definition) is 2. The van der Waals surface area contributed by atoms with Crippen LogP contribution in [-0.2, 0) is 7.05 Å². The first-order valence-electron chi connectivity index (χ1n) is 6.07. The minimum atomic E-state index is -0.210. The highest BCUT2D eigenvalue weighted by Crippen LogP contribution is 2.23. The van der Waals surface area contributed by atoms with Gasteiger partial charge in [0.1, 0.15) is 5.69 Å². The molecule has 0 bridgehead atoms. The molecule has 0 aliphatic carbocycles. The Morgan fingerprint density at radius 3 is 2.42 bits per heavy atom. The number of rotatable bonds is 2. The quantitative estimate of drug-likeness (QED) is 0.811. The Labute approximate surface area is 112 Å². The maximum Gasteiger partial charge on any atom is 0.273 e. The van der Waals surface area contributed by atoms with Crippen molar-refractivity contribution in [3.63, 3.8) is 0 Å². The van der Waals surface area contributed by atoms with E-state index in [1.807, 2.05) is 32.9 Å². The van der Waals surface area contributed by atoms with Crippen LogP contribution in [0.2, 0.25) is 0 Å². The fourth-order valence-electron chi connectivity index (χ4n) is 1.96. The van der Waals surface area contributed by atoms with Crippen LogP contribution in [0.3, 0.4) is 0 Å². The van der Waals surface area contributed by atoms with Crippen LogP contribution in [-0.4, -0.2) is 15.7 Å². The van der Waals surface area contributed by atoms with Crippen molar-refractivity contribution >= 4 is 17.3 Å². The normalized spacial score (nSPS) is 10.5. The van der Waals surface area contributed by atoms with Crippen molar-refractivity contribution in [1.82, 2.24) is 9.78 Å². The van der Waals surface area contributed by atoms with Gasteiger partial charge in [-0.15, -0.1) is 0 Å². The van der Waals surface area contributed by atoms with E-state index in [-0.39, 0.29) is 5.91 Å². The van der Waals surface area contributed by atoms with Crippen molar-refractivity contribution in [2.75, 3.05) is 11.1 Å².